The highest BCUT2D eigenvalue weighted by Gasteiger charge is 2.12. The molecule has 0 unspecified atom stereocenters. The molecule has 1 N–H and O–H groups in total. The van der Waals surface area contributed by atoms with E-state index in [-0.39, 0.29) is 5.91 Å². The first kappa shape index (κ1) is 18.6. The van der Waals surface area contributed by atoms with Gasteiger partial charge in [-0.15, -0.1) is 5.10 Å². The van der Waals surface area contributed by atoms with Gasteiger partial charge in [0.1, 0.15) is 0 Å². The first-order chi connectivity index (χ1) is 13.7. The van der Waals surface area contributed by atoms with Crippen molar-refractivity contribution in [3.05, 3.63) is 65.6 Å². The minimum Gasteiger partial charge on any atom is -0.305 e. The Morgan fingerprint density at radius 2 is 1.93 bits per heavy atom. The fraction of sp³-hybridized carbons (Fsp3) is 0.300. The van der Waals surface area contributed by atoms with Crippen LogP contribution in [0.3, 0.4) is 0 Å². The molecular formula is C20H22N6OS. The zero-order valence-electron chi connectivity index (χ0n) is 15.7. The lowest BCUT2D eigenvalue weighted by Gasteiger charge is -2.26. The van der Waals surface area contributed by atoms with Crippen LogP contribution in [0.5, 0.6) is 0 Å². The number of thioether (sulfide) groups is 1. The molecule has 2 aromatic heterocycles. The molecule has 0 aliphatic carbocycles. The molecule has 0 bridgehead atoms. The van der Waals surface area contributed by atoms with Crippen LogP contribution in [0, 0.1) is 6.92 Å². The molecule has 0 spiro atoms. The molecule has 1 amide bonds. The normalized spacial score (nSPS) is 14.8. The topological polar surface area (TPSA) is 75.9 Å². The van der Waals surface area contributed by atoms with E-state index in [1.165, 1.54) is 17.1 Å². The molecule has 1 aliphatic heterocycles. The van der Waals surface area contributed by atoms with Crippen LogP contribution in [0.25, 0.3) is 5.95 Å². The van der Waals surface area contributed by atoms with Crippen LogP contribution in [0.2, 0.25) is 0 Å². The second-order valence-electron chi connectivity index (χ2n) is 6.68. The third kappa shape index (κ3) is 4.58. The van der Waals surface area contributed by atoms with Crippen molar-refractivity contribution in [1.82, 2.24) is 24.6 Å². The number of aromatic nitrogens is 4. The average Bonchev–Trinajstić information content (AvgIpc) is 3.18. The Labute approximate surface area is 168 Å². The minimum absolute atomic E-state index is 0.184. The monoisotopic (exact) mass is 394 g/mol. The van der Waals surface area contributed by atoms with Gasteiger partial charge >= 0.3 is 0 Å². The van der Waals surface area contributed by atoms with E-state index in [1.54, 1.807) is 23.1 Å². The van der Waals surface area contributed by atoms with Gasteiger partial charge in [-0.1, -0.05) is 12.1 Å². The molecule has 8 heteroatoms. The van der Waals surface area contributed by atoms with Gasteiger partial charge in [0.25, 0.3) is 11.9 Å². The molecule has 1 aromatic carbocycles. The van der Waals surface area contributed by atoms with Gasteiger partial charge in [-0.3, -0.25) is 9.69 Å². The predicted molar refractivity (Wildman–Crippen MR) is 111 cm³/mol. The standard InChI is InChI=1S/C20H22N6OS/c1-15-6-8-21-20(22-15)26-9-7-18(24-26)23-19(27)17-4-2-16(3-5-17)14-25-10-12-28-13-11-25/h2-9H,10-14H2,1H3,(H,23,24,27). The smallest absolute Gasteiger partial charge is 0.256 e. The average molecular weight is 395 g/mol. The third-order valence-corrected chi connectivity index (χ3v) is 5.49. The van der Waals surface area contributed by atoms with Crippen LogP contribution >= 0.6 is 11.8 Å². The summed E-state index contributed by atoms with van der Waals surface area (Å²) in [5, 5.41) is 7.16. The van der Waals surface area contributed by atoms with E-state index in [9.17, 15) is 4.79 Å². The second kappa shape index (κ2) is 8.53. The van der Waals surface area contributed by atoms with Crippen molar-refractivity contribution in [1.29, 1.82) is 0 Å². The third-order valence-electron chi connectivity index (χ3n) is 4.54. The van der Waals surface area contributed by atoms with E-state index in [0.29, 0.717) is 17.3 Å². The summed E-state index contributed by atoms with van der Waals surface area (Å²) in [6.45, 7) is 5.08. The summed E-state index contributed by atoms with van der Waals surface area (Å²) in [4.78, 5) is 23.5. The van der Waals surface area contributed by atoms with Crippen LogP contribution in [-0.4, -0.2) is 55.2 Å². The van der Waals surface area contributed by atoms with E-state index < -0.39 is 0 Å². The zero-order chi connectivity index (χ0) is 19.3. The Kier molecular flexibility index (Phi) is 5.68. The van der Waals surface area contributed by atoms with Crippen molar-refractivity contribution in [3.63, 3.8) is 0 Å². The van der Waals surface area contributed by atoms with Crippen LogP contribution in [0.4, 0.5) is 5.82 Å². The van der Waals surface area contributed by atoms with Crippen LogP contribution in [0.1, 0.15) is 21.6 Å². The number of nitrogens with zero attached hydrogens (tertiary/aromatic N) is 5. The number of aryl methyl sites for hydroxylation is 1. The number of hydrogen-bond acceptors (Lipinski definition) is 6. The molecule has 4 rings (SSSR count). The van der Waals surface area contributed by atoms with E-state index in [1.807, 2.05) is 49.0 Å². The highest BCUT2D eigenvalue weighted by Crippen LogP contribution is 2.14. The Balaban J connectivity index is 1.38. The van der Waals surface area contributed by atoms with Crippen LogP contribution < -0.4 is 5.32 Å². The molecule has 0 radical (unpaired) electrons. The van der Waals surface area contributed by atoms with E-state index in [4.69, 9.17) is 0 Å². The van der Waals surface area contributed by atoms with Crippen molar-refractivity contribution in [2.45, 2.75) is 13.5 Å². The van der Waals surface area contributed by atoms with Gasteiger partial charge in [-0.05, 0) is 30.7 Å². The maximum atomic E-state index is 12.5. The Hall–Kier alpha value is -2.71. The van der Waals surface area contributed by atoms with Gasteiger partial charge in [0, 0.05) is 60.9 Å². The van der Waals surface area contributed by atoms with Crippen molar-refractivity contribution < 1.29 is 4.79 Å². The fourth-order valence-electron chi connectivity index (χ4n) is 3.02. The summed E-state index contributed by atoms with van der Waals surface area (Å²) in [7, 11) is 0. The summed E-state index contributed by atoms with van der Waals surface area (Å²) >= 11 is 2.01. The zero-order valence-corrected chi connectivity index (χ0v) is 16.5. The fourth-order valence-corrected chi connectivity index (χ4v) is 3.99. The van der Waals surface area contributed by atoms with Crippen molar-refractivity contribution >= 4 is 23.5 Å². The predicted octanol–water partition coefficient (Wildman–Crippen LogP) is 2.77. The molecule has 0 atom stereocenters. The number of amides is 1. The van der Waals surface area contributed by atoms with Gasteiger partial charge in [0.15, 0.2) is 5.82 Å². The largest absolute Gasteiger partial charge is 0.305 e. The number of nitrogens with one attached hydrogen (secondary N) is 1. The highest BCUT2D eigenvalue weighted by atomic mass is 32.2. The summed E-state index contributed by atoms with van der Waals surface area (Å²) in [5.41, 5.74) is 2.69. The van der Waals surface area contributed by atoms with E-state index in [0.717, 1.165) is 25.3 Å². The van der Waals surface area contributed by atoms with Gasteiger partial charge in [-0.25, -0.2) is 14.6 Å². The minimum atomic E-state index is -0.184. The lowest BCUT2D eigenvalue weighted by molar-refractivity contribution is 0.102. The molecule has 7 nitrogen and oxygen atoms in total. The molecule has 1 fully saturated rings. The first-order valence-electron chi connectivity index (χ1n) is 9.23. The highest BCUT2D eigenvalue weighted by molar-refractivity contribution is 7.99. The number of benzene rings is 1. The first-order valence-corrected chi connectivity index (χ1v) is 10.4. The van der Waals surface area contributed by atoms with Gasteiger partial charge < -0.3 is 5.32 Å². The maximum Gasteiger partial charge on any atom is 0.256 e. The lowest BCUT2D eigenvalue weighted by atomic mass is 10.1. The lowest BCUT2D eigenvalue weighted by Crippen LogP contribution is -2.31. The second-order valence-corrected chi connectivity index (χ2v) is 7.91. The summed E-state index contributed by atoms with van der Waals surface area (Å²) in [6, 6.07) is 11.3. The van der Waals surface area contributed by atoms with Crippen molar-refractivity contribution in [2.24, 2.45) is 0 Å². The Morgan fingerprint density at radius 3 is 2.68 bits per heavy atom. The Bertz CT molecular complexity index is 949. The summed E-state index contributed by atoms with van der Waals surface area (Å²) < 4.78 is 1.54. The van der Waals surface area contributed by atoms with E-state index in [2.05, 4.69) is 25.3 Å². The van der Waals surface area contributed by atoms with Crippen molar-refractivity contribution in [3.8, 4) is 5.95 Å². The number of carbonyl (C=O) groups is 1. The Morgan fingerprint density at radius 1 is 1.14 bits per heavy atom. The maximum absolute atomic E-state index is 12.5. The summed E-state index contributed by atoms with van der Waals surface area (Å²) in [6.07, 6.45) is 3.41. The van der Waals surface area contributed by atoms with Crippen LogP contribution in [0.15, 0.2) is 48.8 Å². The SMILES string of the molecule is Cc1ccnc(-n2ccc(NC(=O)c3ccc(CN4CCSCC4)cc3)n2)n1. The molecule has 28 heavy (non-hydrogen) atoms. The number of carbonyl (C=O) groups excluding carboxylic acids is 1. The molecule has 3 heterocycles. The van der Waals surface area contributed by atoms with Crippen LogP contribution in [-0.2, 0) is 6.54 Å². The van der Waals surface area contributed by atoms with Gasteiger partial charge in [0.2, 0.25) is 0 Å². The molecule has 144 valence electrons. The number of anilines is 1. The van der Waals surface area contributed by atoms with Crippen molar-refractivity contribution in [2.75, 3.05) is 29.9 Å². The quantitative estimate of drug-likeness (QED) is 0.717. The number of rotatable bonds is 5. The molecule has 3 aromatic rings. The van der Waals surface area contributed by atoms with Gasteiger partial charge in [0.05, 0.1) is 0 Å². The van der Waals surface area contributed by atoms with E-state index >= 15 is 0 Å². The van der Waals surface area contributed by atoms with Gasteiger partial charge in [-0.2, -0.15) is 11.8 Å². The number of hydrogen-bond donors (Lipinski definition) is 1. The molecule has 0 saturated carbocycles. The molecular weight excluding hydrogens is 372 g/mol. The molecule has 1 aliphatic rings. The molecule has 1 saturated heterocycles. The summed E-state index contributed by atoms with van der Waals surface area (Å²) in [5.74, 6) is 3.14.